The third-order valence-corrected chi connectivity index (χ3v) is 4.70. The second-order valence-corrected chi connectivity index (χ2v) is 7.11. The molecule has 1 aliphatic carbocycles. The van der Waals surface area contributed by atoms with Crippen molar-refractivity contribution in [2.45, 2.75) is 39.8 Å². The summed E-state index contributed by atoms with van der Waals surface area (Å²) in [4.78, 5) is 20.6. The summed E-state index contributed by atoms with van der Waals surface area (Å²) in [5.41, 5.74) is 2.39. The normalized spacial score (nSPS) is 14.0. The number of hydrogen-bond donors (Lipinski definition) is 3. The van der Waals surface area contributed by atoms with Gasteiger partial charge in [-0.15, -0.1) is 0 Å². The maximum atomic E-state index is 11.7. The molecule has 0 saturated heterocycles. The Labute approximate surface area is 166 Å². The number of carbonyl (C=O) groups excluding carboxylic acids is 1. The minimum atomic E-state index is 0.175. The van der Waals surface area contributed by atoms with Crippen molar-refractivity contribution in [3.05, 3.63) is 53.6 Å². The topological polar surface area (TPSA) is 83.3 Å². The molecule has 0 unspecified atom stereocenters. The largest absolute Gasteiger partial charge is 0.357 e. The van der Waals surface area contributed by atoms with E-state index in [2.05, 4.69) is 54.8 Å². The molecule has 1 amide bonds. The van der Waals surface area contributed by atoms with E-state index in [0.29, 0.717) is 19.6 Å². The first-order chi connectivity index (χ1) is 13.7. The fourth-order valence-corrected chi connectivity index (χ4v) is 2.96. The first kappa shape index (κ1) is 19.9. The van der Waals surface area contributed by atoms with E-state index in [4.69, 9.17) is 0 Å². The predicted octanol–water partition coefficient (Wildman–Crippen LogP) is 1.82. The Hall–Kier alpha value is -2.83. The zero-order valence-corrected chi connectivity index (χ0v) is 16.7. The van der Waals surface area contributed by atoms with E-state index in [9.17, 15) is 4.79 Å². The van der Waals surface area contributed by atoms with Gasteiger partial charge in [0.1, 0.15) is 5.82 Å². The Balaban J connectivity index is 1.50. The Bertz CT molecular complexity index is 809. The van der Waals surface area contributed by atoms with Crippen LogP contribution in [0.5, 0.6) is 0 Å². The molecular formula is C21H30N6O. The molecule has 2 aromatic rings. The van der Waals surface area contributed by atoms with Gasteiger partial charge in [0.05, 0.1) is 6.54 Å². The summed E-state index contributed by atoms with van der Waals surface area (Å²) in [6, 6.07) is 8.47. The highest BCUT2D eigenvalue weighted by atomic mass is 16.2. The fraction of sp³-hybridized carbons (Fsp3) is 0.476. The number of rotatable bonds is 9. The van der Waals surface area contributed by atoms with Crippen LogP contribution in [0.15, 0.2) is 41.7 Å². The number of aromatic nitrogens is 2. The van der Waals surface area contributed by atoms with E-state index < -0.39 is 0 Å². The number of benzene rings is 1. The number of guanidine groups is 1. The van der Waals surface area contributed by atoms with Crippen LogP contribution in [-0.4, -0.2) is 41.1 Å². The van der Waals surface area contributed by atoms with E-state index in [1.165, 1.54) is 5.56 Å². The lowest BCUT2D eigenvalue weighted by Crippen LogP contribution is -2.41. The molecule has 7 nitrogen and oxygen atoms in total. The van der Waals surface area contributed by atoms with Crippen LogP contribution in [0.2, 0.25) is 0 Å². The molecule has 0 bridgehead atoms. The number of imidazole rings is 1. The van der Waals surface area contributed by atoms with Gasteiger partial charge in [0.2, 0.25) is 5.91 Å². The van der Waals surface area contributed by atoms with Crippen molar-refractivity contribution in [2.24, 2.45) is 10.9 Å². The summed E-state index contributed by atoms with van der Waals surface area (Å²) in [7, 11) is 0. The van der Waals surface area contributed by atoms with Crippen molar-refractivity contribution >= 4 is 11.9 Å². The highest BCUT2D eigenvalue weighted by Crippen LogP contribution is 2.28. The number of nitrogens with one attached hydrogen (secondary N) is 3. The molecule has 28 heavy (non-hydrogen) atoms. The van der Waals surface area contributed by atoms with Crippen molar-refractivity contribution in [3.8, 4) is 0 Å². The summed E-state index contributed by atoms with van der Waals surface area (Å²) < 4.78 is 2.13. The first-order valence-electron chi connectivity index (χ1n) is 10.0. The number of amides is 1. The SMILES string of the molecule is CCNC(=NCc1cccc(Cn2ccnc2C)c1)NCCNC(=O)C1CC1. The first-order valence-corrected chi connectivity index (χ1v) is 10.0. The minimum Gasteiger partial charge on any atom is -0.357 e. The molecule has 1 aliphatic rings. The van der Waals surface area contributed by atoms with Gasteiger partial charge in [0.15, 0.2) is 5.96 Å². The number of carbonyl (C=O) groups is 1. The number of aryl methyl sites for hydroxylation is 1. The number of nitrogens with zero attached hydrogens (tertiary/aromatic N) is 3. The van der Waals surface area contributed by atoms with Crippen LogP contribution in [0, 0.1) is 12.8 Å². The second kappa shape index (κ2) is 9.92. The summed E-state index contributed by atoms with van der Waals surface area (Å²) in [5, 5.41) is 9.48. The Kier molecular flexibility index (Phi) is 7.06. The van der Waals surface area contributed by atoms with Gasteiger partial charge in [-0.2, -0.15) is 0 Å². The molecule has 150 valence electrons. The summed E-state index contributed by atoms with van der Waals surface area (Å²) in [5.74, 6) is 2.20. The van der Waals surface area contributed by atoms with Crippen LogP contribution in [0.25, 0.3) is 0 Å². The molecule has 1 fully saturated rings. The zero-order chi connectivity index (χ0) is 19.8. The molecule has 1 saturated carbocycles. The van der Waals surface area contributed by atoms with Gasteiger partial charge in [-0.3, -0.25) is 4.79 Å². The smallest absolute Gasteiger partial charge is 0.223 e. The Morgan fingerprint density at radius 1 is 1.21 bits per heavy atom. The monoisotopic (exact) mass is 382 g/mol. The summed E-state index contributed by atoms with van der Waals surface area (Å²) in [6.07, 6.45) is 5.88. The molecule has 3 rings (SSSR count). The zero-order valence-electron chi connectivity index (χ0n) is 16.7. The van der Waals surface area contributed by atoms with E-state index in [-0.39, 0.29) is 11.8 Å². The van der Waals surface area contributed by atoms with Crippen molar-refractivity contribution < 1.29 is 4.79 Å². The van der Waals surface area contributed by atoms with Gasteiger partial charge < -0.3 is 20.5 Å². The quantitative estimate of drug-likeness (QED) is 0.351. The van der Waals surface area contributed by atoms with Crippen molar-refractivity contribution in [1.82, 2.24) is 25.5 Å². The van der Waals surface area contributed by atoms with Crippen LogP contribution in [0.4, 0.5) is 0 Å². The van der Waals surface area contributed by atoms with E-state index >= 15 is 0 Å². The van der Waals surface area contributed by atoms with Crippen LogP contribution in [-0.2, 0) is 17.9 Å². The lowest BCUT2D eigenvalue weighted by molar-refractivity contribution is -0.122. The van der Waals surface area contributed by atoms with Crippen molar-refractivity contribution in [1.29, 1.82) is 0 Å². The van der Waals surface area contributed by atoms with Crippen LogP contribution >= 0.6 is 0 Å². The fourth-order valence-electron chi connectivity index (χ4n) is 2.96. The highest BCUT2D eigenvalue weighted by Gasteiger charge is 2.28. The highest BCUT2D eigenvalue weighted by molar-refractivity contribution is 5.81. The van der Waals surface area contributed by atoms with Crippen LogP contribution in [0.1, 0.15) is 36.7 Å². The molecule has 7 heteroatoms. The summed E-state index contributed by atoms with van der Waals surface area (Å²) >= 11 is 0. The molecule has 3 N–H and O–H groups in total. The average Bonchev–Trinajstić information content (AvgIpc) is 3.47. The van der Waals surface area contributed by atoms with Gasteiger partial charge >= 0.3 is 0 Å². The predicted molar refractivity (Wildman–Crippen MR) is 111 cm³/mol. The molecule has 1 heterocycles. The third kappa shape index (κ3) is 6.11. The Morgan fingerprint density at radius 3 is 2.71 bits per heavy atom. The second-order valence-electron chi connectivity index (χ2n) is 7.11. The maximum absolute atomic E-state index is 11.7. The lowest BCUT2D eigenvalue weighted by Gasteiger charge is -2.12. The standard InChI is InChI=1S/C21H30N6O/c1-3-22-21(25-10-9-24-20(28)19-7-8-19)26-14-17-5-4-6-18(13-17)15-27-12-11-23-16(27)2/h4-6,11-13,19H,3,7-10,14-15H2,1-2H3,(H,24,28)(H2,22,25,26). The molecule has 0 atom stereocenters. The van der Waals surface area contributed by atoms with Gasteiger partial charge in [-0.05, 0) is 37.8 Å². The molecular weight excluding hydrogens is 352 g/mol. The van der Waals surface area contributed by atoms with E-state index in [0.717, 1.165) is 43.3 Å². The molecule has 1 aromatic heterocycles. The molecule has 0 radical (unpaired) electrons. The van der Waals surface area contributed by atoms with Crippen LogP contribution < -0.4 is 16.0 Å². The van der Waals surface area contributed by atoms with Gasteiger partial charge in [-0.25, -0.2) is 9.98 Å². The van der Waals surface area contributed by atoms with Gasteiger partial charge in [0, 0.05) is 44.5 Å². The molecule has 0 aliphatic heterocycles. The minimum absolute atomic E-state index is 0.175. The van der Waals surface area contributed by atoms with E-state index in [1.54, 1.807) is 0 Å². The Morgan fingerprint density at radius 2 is 2.00 bits per heavy atom. The van der Waals surface area contributed by atoms with Gasteiger partial charge in [-0.1, -0.05) is 24.3 Å². The lowest BCUT2D eigenvalue weighted by atomic mass is 10.1. The van der Waals surface area contributed by atoms with E-state index in [1.807, 2.05) is 26.2 Å². The van der Waals surface area contributed by atoms with Crippen molar-refractivity contribution in [2.75, 3.05) is 19.6 Å². The number of aliphatic imine (C=N–C) groups is 1. The molecule has 0 spiro atoms. The van der Waals surface area contributed by atoms with Crippen LogP contribution in [0.3, 0.4) is 0 Å². The average molecular weight is 383 g/mol. The summed E-state index contributed by atoms with van der Waals surface area (Å²) in [6.45, 7) is 7.52. The number of hydrogen-bond acceptors (Lipinski definition) is 3. The van der Waals surface area contributed by atoms with Crippen molar-refractivity contribution in [3.63, 3.8) is 0 Å². The third-order valence-electron chi connectivity index (χ3n) is 4.70. The molecule has 1 aromatic carbocycles. The van der Waals surface area contributed by atoms with Gasteiger partial charge in [0.25, 0.3) is 0 Å². The maximum Gasteiger partial charge on any atom is 0.223 e.